The number of nitrogens with one attached hydrogen (secondary N) is 2. The minimum Gasteiger partial charge on any atom is -0.497 e. The number of amides is 2. The van der Waals surface area contributed by atoms with Crippen molar-refractivity contribution in [3.63, 3.8) is 0 Å². The first-order valence-electron chi connectivity index (χ1n) is 9.05. The van der Waals surface area contributed by atoms with Crippen LogP contribution in [0.4, 0.5) is 0 Å². The number of nitrogens with zero attached hydrogens (tertiary/aromatic N) is 3. The third-order valence-corrected chi connectivity index (χ3v) is 4.27. The van der Waals surface area contributed by atoms with Crippen LogP contribution in [0.5, 0.6) is 5.75 Å². The molecule has 9 heteroatoms. The lowest BCUT2D eigenvalue weighted by atomic mass is 10.2. The molecule has 3 rings (SSSR count). The molecule has 2 aromatic carbocycles. The Morgan fingerprint density at radius 1 is 1.03 bits per heavy atom. The van der Waals surface area contributed by atoms with Gasteiger partial charge in [-0.3, -0.25) is 14.4 Å². The monoisotopic (exact) mass is 395 g/mol. The van der Waals surface area contributed by atoms with Crippen molar-refractivity contribution in [3.8, 4) is 5.75 Å². The van der Waals surface area contributed by atoms with Gasteiger partial charge in [-0.2, -0.15) is 0 Å². The SMILES string of the molecule is COc1ccc(CNC(=O)CNC(=O)CCn2nnc3ccccc3c2=O)cc1. The molecule has 9 nitrogen and oxygen atoms in total. The van der Waals surface area contributed by atoms with E-state index in [-0.39, 0.29) is 36.9 Å². The van der Waals surface area contributed by atoms with Gasteiger partial charge in [-0.25, -0.2) is 4.68 Å². The van der Waals surface area contributed by atoms with Gasteiger partial charge in [0.1, 0.15) is 11.3 Å². The van der Waals surface area contributed by atoms with E-state index in [4.69, 9.17) is 4.74 Å². The molecule has 0 aliphatic rings. The molecule has 0 aliphatic carbocycles. The zero-order chi connectivity index (χ0) is 20.6. The van der Waals surface area contributed by atoms with Gasteiger partial charge in [0, 0.05) is 13.0 Å². The van der Waals surface area contributed by atoms with Gasteiger partial charge in [0.25, 0.3) is 5.56 Å². The fourth-order valence-electron chi connectivity index (χ4n) is 2.65. The van der Waals surface area contributed by atoms with E-state index in [1.807, 2.05) is 12.1 Å². The molecule has 150 valence electrons. The molecule has 0 spiro atoms. The first kappa shape index (κ1) is 20.0. The summed E-state index contributed by atoms with van der Waals surface area (Å²) in [6.07, 6.45) is 0.0126. The molecule has 3 aromatic rings. The zero-order valence-electron chi connectivity index (χ0n) is 15.9. The number of hydrogen-bond acceptors (Lipinski definition) is 6. The number of rotatable bonds is 8. The van der Waals surface area contributed by atoms with E-state index in [0.717, 1.165) is 16.0 Å². The number of fused-ring (bicyclic) bond motifs is 1. The van der Waals surface area contributed by atoms with Crippen LogP contribution < -0.4 is 20.9 Å². The van der Waals surface area contributed by atoms with Crippen molar-refractivity contribution in [2.45, 2.75) is 19.5 Å². The van der Waals surface area contributed by atoms with Crippen LogP contribution in [0, 0.1) is 0 Å². The van der Waals surface area contributed by atoms with E-state index in [0.29, 0.717) is 17.4 Å². The van der Waals surface area contributed by atoms with Crippen LogP contribution in [0.3, 0.4) is 0 Å². The van der Waals surface area contributed by atoms with E-state index in [2.05, 4.69) is 20.9 Å². The van der Waals surface area contributed by atoms with Crippen LogP contribution in [0.15, 0.2) is 53.3 Å². The topological polar surface area (TPSA) is 115 Å². The average Bonchev–Trinajstić information content (AvgIpc) is 2.76. The van der Waals surface area contributed by atoms with E-state index in [1.54, 1.807) is 43.5 Å². The van der Waals surface area contributed by atoms with Gasteiger partial charge in [0.2, 0.25) is 11.8 Å². The van der Waals surface area contributed by atoms with Gasteiger partial charge in [-0.1, -0.05) is 29.5 Å². The molecule has 0 saturated heterocycles. The summed E-state index contributed by atoms with van der Waals surface area (Å²) in [5.41, 5.74) is 1.12. The maximum atomic E-state index is 12.3. The van der Waals surface area contributed by atoms with Crippen molar-refractivity contribution in [1.29, 1.82) is 0 Å². The average molecular weight is 395 g/mol. The van der Waals surface area contributed by atoms with Crippen molar-refractivity contribution < 1.29 is 14.3 Å². The first-order chi connectivity index (χ1) is 14.1. The van der Waals surface area contributed by atoms with Crippen molar-refractivity contribution >= 4 is 22.7 Å². The summed E-state index contributed by atoms with van der Waals surface area (Å²) in [5.74, 6) is 0.0748. The summed E-state index contributed by atoms with van der Waals surface area (Å²) in [5, 5.41) is 13.5. The predicted octanol–water partition coefficient (Wildman–Crippen LogP) is 0.623. The van der Waals surface area contributed by atoms with Crippen LogP contribution >= 0.6 is 0 Å². The number of methoxy groups -OCH3 is 1. The predicted molar refractivity (Wildman–Crippen MR) is 106 cm³/mol. The number of carbonyl (C=O) groups excluding carboxylic acids is 2. The molecule has 0 radical (unpaired) electrons. The summed E-state index contributed by atoms with van der Waals surface area (Å²) in [4.78, 5) is 36.2. The molecule has 0 saturated carbocycles. The lowest BCUT2D eigenvalue weighted by molar-refractivity contribution is -0.126. The highest BCUT2D eigenvalue weighted by Gasteiger charge is 2.09. The van der Waals surface area contributed by atoms with E-state index in [1.165, 1.54) is 0 Å². The Labute approximate surface area is 166 Å². The minimum absolute atomic E-state index is 0.0126. The van der Waals surface area contributed by atoms with E-state index in [9.17, 15) is 14.4 Å². The second kappa shape index (κ2) is 9.45. The summed E-state index contributed by atoms with van der Waals surface area (Å²) >= 11 is 0. The van der Waals surface area contributed by atoms with Gasteiger partial charge in [0.15, 0.2) is 0 Å². The molecule has 1 aromatic heterocycles. The van der Waals surface area contributed by atoms with E-state index >= 15 is 0 Å². The standard InChI is InChI=1S/C20H21N5O4/c1-29-15-8-6-14(7-9-15)12-21-19(27)13-22-18(26)10-11-25-20(28)16-4-2-3-5-17(16)23-24-25/h2-9H,10-13H2,1H3,(H,21,27)(H,22,26). The second-order valence-electron chi connectivity index (χ2n) is 6.29. The quantitative estimate of drug-likeness (QED) is 0.578. The number of aryl methyl sites for hydroxylation is 1. The number of carbonyl (C=O) groups is 2. The molecule has 2 amide bonds. The molecule has 0 unspecified atom stereocenters. The lowest BCUT2D eigenvalue weighted by Gasteiger charge is -2.08. The van der Waals surface area contributed by atoms with Crippen LogP contribution in [-0.2, 0) is 22.7 Å². The highest BCUT2D eigenvalue weighted by molar-refractivity contribution is 5.84. The Kier molecular flexibility index (Phi) is 6.51. The van der Waals surface area contributed by atoms with Gasteiger partial charge in [-0.05, 0) is 29.8 Å². The van der Waals surface area contributed by atoms with Crippen molar-refractivity contribution in [3.05, 3.63) is 64.4 Å². The van der Waals surface area contributed by atoms with Gasteiger partial charge in [0.05, 0.1) is 25.6 Å². The smallest absolute Gasteiger partial charge is 0.277 e. The number of aromatic nitrogens is 3. The molecule has 0 atom stereocenters. The number of benzene rings is 2. The summed E-state index contributed by atoms with van der Waals surface area (Å²) in [7, 11) is 1.59. The van der Waals surface area contributed by atoms with Gasteiger partial charge >= 0.3 is 0 Å². The maximum Gasteiger partial charge on any atom is 0.277 e. The zero-order valence-corrected chi connectivity index (χ0v) is 15.9. The Balaban J connectivity index is 1.43. The van der Waals surface area contributed by atoms with E-state index < -0.39 is 0 Å². The number of ether oxygens (including phenoxy) is 1. The van der Waals surface area contributed by atoms with Crippen LogP contribution in [0.2, 0.25) is 0 Å². The maximum absolute atomic E-state index is 12.3. The van der Waals surface area contributed by atoms with Gasteiger partial charge in [-0.15, -0.1) is 5.10 Å². The largest absolute Gasteiger partial charge is 0.497 e. The van der Waals surface area contributed by atoms with Crippen molar-refractivity contribution in [2.24, 2.45) is 0 Å². The highest BCUT2D eigenvalue weighted by Crippen LogP contribution is 2.10. The molecular weight excluding hydrogens is 374 g/mol. The Morgan fingerprint density at radius 3 is 2.55 bits per heavy atom. The fourth-order valence-corrected chi connectivity index (χ4v) is 2.65. The van der Waals surface area contributed by atoms with Crippen molar-refractivity contribution in [1.82, 2.24) is 25.6 Å². The highest BCUT2D eigenvalue weighted by atomic mass is 16.5. The summed E-state index contributed by atoms with van der Waals surface area (Å²) in [6, 6.07) is 14.2. The molecule has 29 heavy (non-hydrogen) atoms. The third-order valence-electron chi connectivity index (χ3n) is 4.27. The summed E-state index contributed by atoms with van der Waals surface area (Å²) in [6.45, 7) is 0.282. The Bertz CT molecular complexity index is 1060. The molecular formula is C20H21N5O4. The fraction of sp³-hybridized carbons (Fsp3) is 0.250. The first-order valence-corrected chi connectivity index (χ1v) is 9.05. The molecule has 2 N–H and O–H groups in total. The van der Waals surface area contributed by atoms with Crippen LogP contribution in [0.1, 0.15) is 12.0 Å². The third kappa shape index (κ3) is 5.38. The molecule has 0 aliphatic heterocycles. The normalized spacial score (nSPS) is 10.5. The number of hydrogen-bond donors (Lipinski definition) is 2. The molecule has 0 bridgehead atoms. The Morgan fingerprint density at radius 2 is 1.79 bits per heavy atom. The van der Waals surface area contributed by atoms with Crippen LogP contribution in [-0.4, -0.2) is 40.5 Å². The summed E-state index contributed by atoms with van der Waals surface area (Å²) < 4.78 is 6.22. The van der Waals surface area contributed by atoms with Gasteiger partial charge < -0.3 is 15.4 Å². The minimum atomic E-state index is -0.355. The second-order valence-corrected chi connectivity index (χ2v) is 6.29. The Hall–Kier alpha value is -3.75. The van der Waals surface area contributed by atoms with Crippen LogP contribution in [0.25, 0.3) is 10.9 Å². The van der Waals surface area contributed by atoms with Crippen molar-refractivity contribution in [2.75, 3.05) is 13.7 Å². The molecule has 0 fully saturated rings. The molecule has 1 heterocycles. The lowest BCUT2D eigenvalue weighted by Crippen LogP contribution is -2.37.